The van der Waals surface area contributed by atoms with Gasteiger partial charge in [-0.05, 0) is 48.4 Å². The highest BCUT2D eigenvalue weighted by Crippen LogP contribution is 2.29. The van der Waals surface area contributed by atoms with Crippen LogP contribution in [0.3, 0.4) is 0 Å². The molecule has 0 aromatic heterocycles. The average molecular weight is 440 g/mol. The van der Waals surface area contributed by atoms with Crippen molar-refractivity contribution in [1.29, 1.82) is 0 Å². The highest BCUT2D eigenvalue weighted by atomic mass is 32.2. The van der Waals surface area contributed by atoms with E-state index in [0.29, 0.717) is 23.6 Å². The van der Waals surface area contributed by atoms with Crippen molar-refractivity contribution in [2.45, 2.75) is 29.7 Å². The van der Waals surface area contributed by atoms with Crippen LogP contribution in [0.4, 0.5) is 0 Å². The van der Waals surface area contributed by atoms with Crippen LogP contribution < -0.4 is 14.8 Å². The van der Waals surface area contributed by atoms with Gasteiger partial charge in [-0.1, -0.05) is 12.1 Å². The number of methoxy groups -OCH3 is 2. The van der Waals surface area contributed by atoms with E-state index in [-0.39, 0.29) is 16.4 Å². The number of nitrogens with one attached hydrogen (secondary N) is 1. The van der Waals surface area contributed by atoms with E-state index in [9.17, 15) is 16.8 Å². The molecule has 1 N–H and O–H groups in total. The Balaban J connectivity index is 1.83. The quantitative estimate of drug-likeness (QED) is 0.702. The van der Waals surface area contributed by atoms with Crippen LogP contribution in [0, 0.1) is 6.92 Å². The molecule has 1 fully saturated rings. The SMILES string of the molecule is COc1ccc(CN[C@H]2CS(=O)(=O)C[C@@H]2S(=O)(=O)c2ccc(OC)c(C)c2)cc1. The van der Waals surface area contributed by atoms with E-state index in [4.69, 9.17) is 9.47 Å². The van der Waals surface area contributed by atoms with E-state index in [0.717, 1.165) is 5.56 Å². The second-order valence-corrected chi connectivity index (χ2v) is 11.4. The minimum Gasteiger partial charge on any atom is -0.497 e. The van der Waals surface area contributed by atoms with Gasteiger partial charge in [0.1, 0.15) is 11.5 Å². The number of sulfone groups is 2. The summed E-state index contributed by atoms with van der Waals surface area (Å²) in [6, 6.07) is 11.2. The predicted molar refractivity (Wildman–Crippen MR) is 111 cm³/mol. The first-order valence-corrected chi connectivity index (χ1v) is 12.5. The molecule has 0 aliphatic carbocycles. The molecule has 0 saturated carbocycles. The van der Waals surface area contributed by atoms with Gasteiger partial charge in [-0.2, -0.15) is 0 Å². The first kappa shape index (κ1) is 21.6. The summed E-state index contributed by atoms with van der Waals surface area (Å²) in [5.74, 6) is 0.702. The first-order valence-electron chi connectivity index (χ1n) is 9.11. The van der Waals surface area contributed by atoms with E-state index in [1.165, 1.54) is 19.2 Å². The molecule has 1 saturated heterocycles. The topological polar surface area (TPSA) is 98.8 Å². The Morgan fingerprint density at radius 3 is 2.31 bits per heavy atom. The number of benzene rings is 2. The molecule has 3 rings (SSSR count). The minimum atomic E-state index is -3.84. The van der Waals surface area contributed by atoms with Crippen molar-refractivity contribution < 1.29 is 26.3 Å². The summed E-state index contributed by atoms with van der Waals surface area (Å²) in [6.07, 6.45) is 0. The summed E-state index contributed by atoms with van der Waals surface area (Å²) in [6.45, 7) is 2.11. The highest BCUT2D eigenvalue weighted by molar-refractivity contribution is 7.96. The molecule has 1 aliphatic rings. The van der Waals surface area contributed by atoms with Crippen LogP contribution >= 0.6 is 0 Å². The third kappa shape index (κ3) is 4.73. The van der Waals surface area contributed by atoms with Crippen molar-refractivity contribution in [3.05, 3.63) is 53.6 Å². The lowest BCUT2D eigenvalue weighted by Crippen LogP contribution is -2.43. The number of hydrogen-bond donors (Lipinski definition) is 1. The van der Waals surface area contributed by atoms with E-state index >= 15 is 0 Å². The van der Waals surface area contributed by atoms with E-state index < -0.39 is 31.0 Å². The standard InChI is InChI=1S/C20H25NO6S2/c1-14-10-17(8-9-19(14)27-3)29(24,25)20-13-28(22,23)12-18(20)21-11-15-4-6-16(26-2)7-5-15/h4-10,18,20-21H,11-13H2,1-3H3/t18-,20-/m0/s1. The molecule has 0 unspecified atom stereocenters. The van der Waals surface area contributed by atoms with Gasteiger partial charge >= 0.3 is 0 Å². The van der Waals surface area contributed by atoms with Gasteiger partial charge < -0.3 is 14.8 Å². The third-order valence-corrected chi connectivity index (χ3v) is 9.27. The summed E-state index contributed by atoms with van der Waals surface area (Å²) >= 11 is 0. The summed E-state index contributed by atoms with van der Waals surface area (Å²) in [5, 5.41) is 2.09. The van der Waals surface area contributed by atoms with E-state index in [1.54, 1.807) is 32.2 Å². The van der Waals surface area contributed by atoms with Crippen LogP contribution in [0.15, 0.2) is 47.4 Å². The molecule has 2 aromatic carbocycles. The number of rotatable bonds is 7. The van der Waals surface area contributed by atoms with Crippen molar-refractivity contribution in [1.82, 2.24) is 5.32 Å². The Morgan fingerprint density at radius 1 is 1.03 bits per heavy atom. The van der Waals surface area contributed by atoms with Crippen molar-refractivity contribution in [2.75, 3.05) is 25.7 Å². The molecule has 7 nitrogen and oxygen atoms in total. The maximum absolute atomic E-state index is 13.2. The number of hydrogen-bond acceptors (Lipinski definition) is 7. The van der Waals surface area contributed by atoms with Gasteiger partial charge in [0.25, 0.3) is 0 Å². The van der Waals surface area contributed by atoms with Gasteiger partial charge in [0.2, 0.25) is 0 Å². The summed E-state index contributed by atoms with van der Waals surface area (Å²) < 4.78 is 61.2. The number of ether oxygens (including phenoxy) is 2. The van der Waals surface area contributed by atoms with Gasteiger partial charge in [0.15, 0.2) is 19.7 Å². The zero-order valence-electron chi connectivity index (χ0n) is 16.6. The molecular formula is C20H25NO6S2. The molecule has 0 amide bonds. The fourth-order valence-electron chi connectivity index (χ4n) is 3.51. The van der Waals surface area contributed by atoms with Gasteiger partial charge in [0, 0.05) is 12.6 Å². The lowest BCUT2D eigenvalue weighted by atomic mass is 10.2. The Kier molecular flexibility index (Phi) is 6.21. The molecule has 2 aromatic rings. The van der Waals surface area contributed by atoms with Gasteiger partial charge in [-0.3, -0.25) is 0 Å². The largest absolute Gasteiger partial charge is 0.497 e. The second-order valence-electron chi connectivity index (χ2n) is 7.13. The van der Waals surface area contributed by atoms with Crippen molar-refractivity contribution in [2.24, 2.45) is 0 Å². The third-order valence-electron chi connectivity index (χ3n) is 5.12. The Hall–Kier alpha value is -2.10. The Labute approximate surface area is 171 Å². The molecular weight excluding hydrogens is 414 g/mol. The summed E-state index contributed by atoms with van der Waals surface area (Å²) in [5.41, 5.74) is 1.59. The molecule has 0 spiro atoms. The molecule has 0 bridgehead atoms. The highest BCUT2D eigenvalue weighted by Gasteiger charge is 2.45. The maximum Gasteiger partial charge on any atom is 0.183 e. The van der Waals surface area contributed by atoms with Crippen molar-refractivity contribution in [3.63, 3.8) is 0 Å². The molecule has 29 heavy (non-hydrogen) atoms. The van der Waals surface area contributed by atoms with Crippen LogP contribution in [-0.2, 0) is 26.2 Å². The molecule has 158 valence electrons. The monoisotopic (exact) mass is 439 g/mol. The smallest absolute Gasteiger partial charge is 0.183 e. The van der Waals surface area contributed by atoms with Crippen molar-refractivity contribution >= 4 is 19.7 Å². The maximum atomic E-state index is 13.2. The normalized spacial score (nSPS) is 21.1. The zero-order chi connectivity index (χ0) is 21.2. The molecule has 9 heteroatoms. The van der Waals surface area contributed by atoms with Gasteiger partial charge in [0.05, 0.1) is 35.9 Å². The van der Waals surface area contributed by atoms with Crippen LogP contribution in [0.25, 0.3) is 0 Å². The van der Waals surface area contributed by atoms with Crippen LogP contribution in [0.1, 0.15) is 11.1 Å². The average Bonchev–Trinajstić information content (AvgIpc) is 3.02. The summed E-state index contributed by atoms with van der Waals surface area (Å²) in [7, 11) is -4.21. The predicted octanol–water partition coefficient (Wildman–Crippen LogP) is 1.74. The van der Waals surface area contributed by atoms with Crippen LogP contribution in [0.2, 0.25) is 0 Å². The van der Waals surface area contributed by atoms with Crippen molar-refractivity contribution in [3.8, 4) is 11.5 Å². The lowest BCUT2D eigenvalue weighted by molar-refractivity contribution is 0.411. The zero-order valence-corrected chi connectivity index (χ0v) is 18.2. The molecule has 2 atom stereocenters. The minimum absolute atomic E-state index is 0.106. The van der Waals surface area contributed by atoms with E-state index in [2.05, 4.69) is 5.32 Å². The molecule has 1 aliphatic heterocycles. The van der Waals surface area contributed by atoms with E-state index in [1.807, 2.05) is 12.1 Å². The lowest BCUT2D eigenvalue weighted by Gasteiger charge is -2.20. The second kappa shape index (κ2) is 8.33. The number of aryl methyl sites for hydroxylation is 1. The molecule has 0 radical (unpaired) electrons. The van der Waals surface area contributed by atoms with Gasteiger partial charge in [-0.25, -0.2) is 16.8 Å². The Morgan fingerprint density at radius 2 is 1.72 bits per heavy atom. The fourth-order valence-corrected chi connectivity index (χ4v) is 8.31. The fraction of sp³-hybridized carbons (Fsp3) is 0.400. The first-order chi connectivity index (χ1) is 13.7. The van der Waals surface area contributed by atoms with Crippen LogP contribution in [0.5, 0.6) is 11.5 Å². The van der Waals surface area contributed by atoms with Crippen LogP contribution in [-0.4, -0.2) is 53.9 Å². The van der Waals surface area contributed by atoms with Gasteiger partial charge in [-0.15, -0.1) is 0 Å². The Bertz CT molecular complexity index is 1080. The summed E-state index contributed by atoms with van der Waals surface area (Å²) in [4.78, 5) is 0.106. The molecule has 1 heterocycles.